The third-order valence-corrected chi connectivity index (χ3v) is 4.07. The number of anilines is 1. The minimum atomic E-state index is -0.360. The van der Waals surface area contributed by atoms with Crippen molar-refractivity contribution in [3.05, 3.63) is 34.4 Å². The number of hydrogen-bond donors (Lipinski definition) is 0. The van der Waals surface area contributed by atoms with Gasteiger partial charge in [-0.3, -0.25) is 10.1 Å². The predicted molar refractivity (Wildman–Crippen MR) is 67.8 cm³/mol. The molecule has 2 fully saturated rings. The summed E-state index contributed by atoms with van der Waals surface area (Å²) in [5, 5.41) is 10.6. The van der Waals surface area contributed by atoms with Crippen LogP contribution in [0.25, 0.3) is 0 Å². The normalized spacial score (nSPS) is 21.7. The Morgan fingerprint density at radius 2 is 1.78 bits per heavy atom. The second-order valence-corrected chi connectivity index (χ2v) is 5.25. The number of nitro benzene ring substituents is 1. The number of ether oxygens (including phenoxy) is 1. The highest BCUT2D eigenvalue weighted by Gasteiger charge is 2.41. The average Bonchev–Trinajstić information content (AvgIpc) is 2.37. The molecule has 2 aliphatic rings. The molecule has 0 aliphatic carbocycles. The zero-order chi connectivity index (χ0) is 12.6. The van der Waals surface area contributed by atoms with E-state index in [9.17, 15) is 10.1 Å². The summed E-state index contributed by atoms with van der Waals surface area (Å²) in [5.74, 6) is 0. The molecule has 0 N–H and O–H groups in total. The third-order valence-electron chi connectivity index (χ3n) is 4.07. The Bertz CT molecular complexity index is 444. The molecule has 5 nitrogen and oxygen atoms in total. The van der Waals surface area contributed by atoms with E-state index in [0.717, 1.165) is 44.8 Å². The molecule has 3 rings (SSSR count). The van der Waals surface area contributed by atoms with Crippen LogP contribution in [0.2, 0.25) is 0 Å². The van der Waals surface area contributed by atoms with E-state index in [4.69, 9.17) is 4.74 Å². The van der Waals surface area contributed by atoms with Crippen LogP contribution in [0.5, 0.6) is 0 Å². The second-order valence-electron chi connectivity index (χ2n) is 5.25. The molecule has 1 aromatic rings. The molecule has 2 saturated heterocycles. The highest BCUT2D eigenvalue weighted by atomic mass is 16.6. The van der Waals surface area contributed by atoms with Crippen LogP contribution in [0.4, 0.5) is 11.4 Å². The first-order valence-corrected chi connectivity index (χ1v) is 6.26. The van der Waals surface area contributed by atoms with Crippen molar-refractivity contribution in [1.82, 2.24) is 0 Å². The lowest BCUT2D eigenvalue weighted by Gasteiger charge is -2.47. The molecule has 5 heteroatoms. The van der Waals surface area contributed by atoms with Crippen molar-refractivity contribution in [1.29, 1.82) is 0 Å². The lowest BCUT2D eigenvalue weighted by molar-refractivity contribution is -0.384. The van der Waals surface area contributed by atoms with Gasteiger partial charge in [-0.1, -0.05) is 0 Å². The maximum absolute atomic E-state index is 10.6. The third kappa shape index (κ3) is 1.95. The van der Waals surface area contributed by atoms with Gasteiger partial charge >= 0.3 is 0 Å². The molecule has 0 unspecified atom stereocenters. The number of benzene rings is 1. The van der Waals surface area contributed by atoms with Gasteiger partial charge in [0.25, 0.3) is 5.69 Å². The summed E-state index contributed by atoms with van der Waals surface area (Å²) in [5.41, 5.74) is 1.66. The lowest BCUT2D eigenvalue weighted by Crippen LogP contribution is -2.50. The van der Waals surface area contributed by atoms with Gasteiger partial charge in [0.1, 0.15) is 0 Å². The summed E-state index contributed by atoms with van der Waals surface area (Å²) in [6.07, 6.45) is 2.31. The molecule has 1 spiro atoms. The molecule has 2 heterocycles. The van der Waals surface area contributed by atoms with Crippen LogP contribution in [0.3, 0.4) is 0 Å². The molecule has 96 valence electrons. The summed E-state index contributed by atoms with van der Waals surface area (Å²) in [6.45, 7) is 3.84. The lowest BCUT2D eigenvalue weighted by atomic mass is 9.77. The van der Waals surface area contributed by atoms with Crippen LogP contribution < -0.4 is 4.90 Å². The Labute approximate surface area is 106 Å². The van der Waals surface area contributed by atoms with Crippen molar-refractivity contribution in [2.24, 2.45) is 5.41 Å². The zero-order valence-corrected chi connectivity index (χ0v) is 10.2. The number of nitrogens with zero attached hydrogens (tertiary/aromatic N) is 2. The zero-order valence-electron chi connectivity index (χ0n) is 10.2. The van der Waals surface area contributed by atoms with Gasteiger partial charge in [-0.15, -0.1) is 0 Å². The number of nitro groups is 1. The second kappa shape index (κ2) is 4.24. The Morgan fingerprint density at radius 1 is 1.17 bits per heavy atom. The van der Waals surface area contributed by atoms with E-state index < -0.39 is 0 Å². The Hall–Kier alpha value is -1.62. The highest BCUT2D eigenvalue weighted by molar-refractivity contribution is 5.51. The number of hydrogen-bond acceptors (Lipinski definition) is 4. The van der Waals surface area contributed by atoms with Gasteiger partial charge in [0.2, 0.25) is 0 Å². The largest absolute Gasteiger partial charge is 0.380 e. The van der Waals surface area contributed by atoms with Gasteiger partial charge in [-0.25, -0.2) is 0 Å². The Kier molecular flexibility index (Phi) is 2.70. The van der Waals surface area contributed by atoms with E-state index in [2.05, 4.69) is 4.90 Å². The van der Waals surface area contributed by atoms with E-state index in [1.54, 1.807) is 12.1 Å². The summed E-state index contributed by atoms with van der Waals surface area (Å²) in [4.78, 5) is 12.5. The quantitative estimate of drug-likeness (QED) is 0.594. The van der Waals surface area contributed by atoms with Crippen LogP contribution in [0.15, 0.2) is 24.3 Å². The predicted octanol–water partition coefficient (Wildman–Crippen LogP) is 2.21. The molecule has 0 radical (unpaired) electrons. The van der Waals surface area contributed by atoms with Gasteiger partial charge in [-0.2, -0.15) is 0 Å². The summed E-state index contributed by atoms with van der Waals surface area (Å²) >= 11 is 0. The smallest absolute Gasteiger partial charge is 0.269 e. The molecule has 0 bridgehead atoms. The molecule has 1 aromatic carbocycles. The van der Waals surface area contributed by atoms with Gasteiger partial charge in [0.05, 0.1) is 18.1 Å². The molecular formula is C13H16N2O3. The molecule has 0 atom stereocenters. The van der Waals surface area contributed by atoms with Gasteiger partial charge in [0.15, 0.2) is 0 Å². The van der Waals surface area contributed by atoms with Gasteiger partial charge in [-0.05, 0) is 25.0 Å². The molecule has 2 aliphatic heterocycles. The standard InChI is InChI=1S/C13H16N2O3/c16-15(17)12-3-1-11(2-4-12)14-7-5-13(6-8-14)9-18-10-13/h1-4H,5-10H2. The average molecular weight is 248 g/mol. The van der Waals surface area contributed by atoms with Crippen LogP contribution in [0, 0.1) is 15.5 Å². The Balaban J connectivity index is 1.67. The maximum atomic E-state index is 10.6. The summed E-state index contributed by atoms with van der Waals surface area (Å²) in [6, 6.07) is 6.83. The molecule has 0 saturated carbocycles. The van der Waals surface area contributed by atoms with E-state index in [1.165, 1.54) is 0 Å². The fraction of sp³-hybridized carbons (Fsp3) is 0.538. The molecule has 0 amide bonds. The van der Waals surface area contributed by atoms with Crippen LogP contribution in [-0.2, 0) is 4.74 Å². The van der Waals surface area contributed by atoms with E-state index in [-0.39, 0.29) is 10.6 Å². The van der Waals surface area contributed by atoms with Crippen molar-refractivity contribution in [2.75, 3.05) is 31.2 Å². The van der Waals surface area contributed by atoms with Gasteiger partial charge < -0.3 is 9.64 Å². The fourth-order valence-electron chi connectivity index (χ4n) is 2.70. The van der Waals surface area contributed by atoms with E-state index >= 15 is 0 Å². The molecule has 18 heavy (non-hydrogen) atoms. The van der Waals surface area contributed by atoms with Gasteiger partial charge in [0, 0.05) is 36.3 Å². The minimum Gasteiger partial charge on any atom is -0.380 e. The van der Waals surface area contributed by atoms with Crippen molar-refractivity contribution in [3.63, 3.8) is 0 Å². The van der Waals surface area contributed by atoms with Crippen molar-refractivity contribution >= 4 is 11.4 Å². The monoisotopic (exact) mass is 248 g/mol. The number of rotatable bonds is 2. The summed E-state index contributed by atoms with van der Waals surface area (Å²) < 4.78 is 5.31. The van der Waals surface area contributed by atoms with Crippen LogP contribution >= 0.6 is 0 Å². The number of non-ortho nitro benzene ring substituents is 1. The minimum absolute atomic E-state index is 0.152. The fourth-order valence-corrected chi connectivity index (χ4v) is 2.70. The first-order chi connectivity index (χ1) is 8.69. The first-order valence-electron chi connectivity index (χ1n) is 6.26. The first kappa shape index (κ1) is 11.5. The van der Waals surface area contributed by atoms with E-state index in [1.807, 2.05) is 12.1 Å². The topological polar surface area (TPSA) is 55.6 Å². The van der Waals surface area contributed by atoms with Crippen molar-refractivity contribution < 1.29 is 9.66 Å². The van der Waals surface area contributed by atoms with Crippen molar-refractivity contribution in [2.45, 2.75) is 12.8 Å². The SMILES string of the molecule is O=[N+]([O-])c1ccc(N2CCC3(CC2)COC3)cc1. The highest BCUT2D eigenvalue weighted by Crippen LogP contribution is 2.39. The van der Waals surface area contributed by atoms with Crippen molar-refractivity contribution in [3.8, 4) is 0 Å². The van der Waals surface area contributed by atoms with Crippen LogP contribution in [0.1, 0.15) is 12.8 Å². The number of piperidine rings is 1. The molecular weight excluding hydrogens is 232 g/mol. The van der Waals surface area contributed by atoms with E-state index in [0.29, 0.717) is 5.41 Å². The summed E-state index contributed by atoms with van der Waals surface area (Å²) in [7, 11) is 0. The Morgan fingerprint density at radius 3 is 2.22 bits per heavy atom. The maximum Gasteiger partial charge on any atom is 0.269 e. The molecule has 0 aromatic heterocycles. The van der Waals surface area contributed by atoms with Crippen LogP contribution in [-0.4, -0.2) is 31.2 Å².